The number of fused-ring (bicyclic) bond motifs is 1. The summed E-state index contributed by atoms with van der Waals surface area (Å²) in [6, 6.07) is 8.41. The van der Waals surface area contributed by atoms with E-state index in [4.69, 9.17) is 0 Å². The molecule has 24 heavy (non-hydrogen) atoms. The Kier molecular flexibility index (Phi) is 5.22. The van der Waals surface area contributed by atoms with E-state index in [2.05, 4.69) is 32.0 Å². The molecule has 1 saturated heterocycles. The monoisotopic (exact) mass is 328 g/mol. The average molecular weight is 328 g/mol. The van der Waals surface area contributed by atoms with Crippen LogP contribution in [0.4, 0.5) is 0 Å². The smallest absolute Gasteiger partial charge is 0.226 e. The van der Waals surface area contributed by atoms with Crippen LogP contribution in [0, 0.1) is 11.8 Å². The number of nitrogens with zero attached hydrogens (tertiary/aromatic N) is 2. The first-order valence-electron chi connectivity index (χ1n) is 9.18. The van der Waals surface area contributed by atoms with E-state index in [1.54, 1.807) is 0 Å². The van der Waals surface area contributed by atoms with Crippen LogP contribution >= 0.6 is 0 Å². The van der Waals surface area contributed by atoms with Gasteiger partial charge in [0.15, 0.2) is 0 Å². The molecule has 0 aromatic heterocycles. The van der Waals surface area contributed by atoms with Gasteiger partial charge in [-0.05, 0) is 36.3 Å². The van der Waals surface area contributed by atoms with E-state index in [9.17, 15) is 9.59 Å². The minimum absolute atomic E-state index is 0.0818. The molecule has 2 amide bonds. The number of piperidine rings is 1. The lowest BCUT2D eigenvalue weighted by atomic mass is 9.92. The van der Waals surface area contributed by atoms with Crippen molar-refractivity contribution in [2.45, 2.75) is 46.1 Å². The second-order valence-corrected chi connectivity index (χ2v) is 7.53. The molecule has 1 fully saturated rings. The largest absolute Gasteiger partial charge is 0.343 e. The third kappa shape index (κ3) is 3.80. The summed E-state index contributed by atoms with van der Waals surface area (Å²) in [4.78, 5) is 28.9. The Morgan fingerprint density at radius 1 is 1.04 bits per heavy atom. The van der Waals surface area contributed by atoms with Crippen LogP contribution in [0.15, 0.2) is 24.3 Å². The Morgan fingerprint density at radius 2 is 1.71 bits per heavy atom. The molecule has 2 heterocycles. The molecule has 1 aromatic carbocycles. The topological polar surface area (TPSA) is 40.6 Å². The molecule has 0 N–H and O–H groups in total. The van der Waals surface area contributed by atoms with Crippen molar-refractivity contribution in [3.8, 4) is 0 Å². The zero-order valence-corrected chi connectivity index (χ0v) is 14.8. The van der Waals surface area contributed by atoms with E-state index in [0.717, 1.165) is 45.4 Å². The first-order valence-corrected chi connectivity index (χ1v) is 9.18. The molecule has 0 saturated carbocycles. The molecule has 2 aliphatic heterocycles. The minimum atomic E-state index is 0.0818. The van der Waals surface area contributed by atoms with Crippen molar-refractivity contribution in [1.29, 1.82) is 0 Å². The molecule has 0 radical (unpaired) electrons. The Hall–Kier alpha value is -1.84. The number of hydrogen-bond acceptors (Lipinski definition) is 2. The van der Waals surface area contributed by atoms with Gasteiger partial charge >= 0.3 is 0 Å². The lowest BCUT2D eigenvalue weighted by molar-refractivity contribution is -0.141. The third-order valence-corrected chi connectivity index (χ3v) is 5.22. The summed E-state index contributed by atoms with van der Waals surface area (Å²) in [5.41, 5.74) is 2.65. The van der Waals surface area contributed by atoms with Crippen LogP contribution in [-0.4, -0.2) is 41.2 Å². The molecule has 4 heteroatoms. The number of hydrogen-bond donors (Lipinski definition) is 0. The third-order valence-electron chi connectivity index (χ3n) is 5.22. The fourth-order valence-electron chi connectivity index (χ4n) is 3.80. The van der Waals surface area contributed by atoms with Crippen molar-refractivity contribution in [2.75, 3.05) is 19.6 Å². The maximum Gasteiger partial charge on any atom is 0.226 e. The fraction of sp³-hybridized carbons (Fsp3) is 0.600. The van der Waals surface area contributed by atoms with Gasteiger partial charge in [-0.1, -0.05) is 38.1 Å². The lowest BCUT2D eigenvalue weighted by Gasteiger charge is -2.36. The Bertz CT molecular complexity index is 603. The van der Waals surface area contributed by atoms with E-state index >= 15 is 0 Å². The van der Waals surface area contributed by atoms with Crippen LogP contribution in [0.2, 0.25) is 0 Å². The van der Waals surface area contributed by atoms with Gasteiger partial charge in [-0.2, -0.15) is 0 Å². The second-order valence-electron chi connectivity index (χ2n) is 7.53. The summed E-state index contributed by atoms with van der Waals surface area (Å²) >= 11 is 0. The van der Waals surface area contributed by atoms with Crippen LogP contribution in [-0.2, 0) is 22.6 Å². The Morgan fingerprint density at radius 3 is 2.38 bits per heavy atom. The van der Waals surface area contributed by atoms with Gasteiger partial charge in [0.1, 0.15) is 0 Å². The zero-order chi connectivity index (χ0) is 17.1. The maximum absolute atomic E-state index is 12.8. The first-order chi connectivity index (χ1) is 11.5. The van der Waals surface area contributed by atoms with Crippen LogP contribution in [0.1, 0.15) is 44.2 Å². The summed E-state index contributed by atoms with van der Waals surface area (Å²) in [6.07, 6.45) is 3.18. The molecule has 0 bridgehead atoms. The molecule has 0 unspecified atom stereocenters. The maximum atomic E-state index is 12.8. The first kappa shape index (κ1) is 17.0. The van der Waals surface area contributed by atoms with Gasteiger partial charge in [0.2, 0.25) is 11.8 Å². The highest BCUT2D eigenvalue weighted by Crippen LogP contribution is 2.25. The highest BCUT2D eigenvalue weighted by atomic mass is 16.2. The molecule has 3 rings (SSSR count). The average Bonchev–Trinajstić information content (AvgIpc) is 2.60. The van der Waals surface area contributed by atoms with Crippen molar-refractivity contribution in [1.82, 2.24) is 9.80 Å². The molecule has 0 aliphatic carbocycles. The molecule has 4 nitrogen and oxygen atoms in total. The van der Waals surface area contributed by atoms with E-state index < -0.39 is 0 Å². The predicted octanol–water partition coefficient (Wildman–Crippen LogP) is 2.86. The van der Waals surface area contributed by atoms with E-state index in [-0.39, 0.29) is 17.7 Å². The number of carbonyl (C=O) groups excluding carboxylic acids is 2. The van der Waals surface area contributed by atoms with E-state index in [1.807, 2.05) is 15.9 Å². The Labute approximate surface area is 144 Å². The fourth-order valence-corrected chi connectivity index (χ4v) is 3.80. The van der Waals surface area contributed by atoms with Gasteiger partial charge in [-0.25, -0.2) is 0 Å². The van der Waals surface area contributed by atoms with Gasteiger partial charge in [-0.3, -0.25) is 9.59 Å². The van der Waals surface area contributed by atoms with Gasteiger partial charge in [0.25, 0.3) is 0 Å². The van der Waals surface area contributed by atoms with Crippen molar-refractivity contribution < 1.29 is 9.59 Å². The van der Waals surface area contributed by atoms with Crippen molar-refractivity contribution in [3.63, 3.8) is 0 Å². The van der Waals surface area contributed by atoms with Gasteiger partial charge in [0.05, 0.1) is 0 Å². The standard InChI is InChI=1S/C20H28N2O2/c1-15(2)13-19(23)21-10-8-17(9-11-21)20(24)22-12-7-16-5-3-4-6-18(16)14-22/h3-6,15,17H,7-14H2,1-2H3. The SMILES string of the molecule is CC(C)CC(=O)N1CCC(C(=O)N2CCc3ccccc3C2)CC1. The number of rotatable bonds is 3. The normalized spacial score (nSPS) is 18.6. The summed E-state index contributed by atoms with van der Waals surface area (Å²) in [6.45, 7) is 7.16. The summed E-state index contributed by atoms with van der Waals surface area (Å²) < 4.78 is 0. The number of benzene rings is 1. The molecule has 1 aromatic rings. The van der Waals surface area contributed by atoms with Crippen molar-refractivity contribution in [3.05, 3.63) is 35.4 Å². The predicted molar refractivity (Wildman–Crippen MR) is 94.3 cm³/mol. The van der Waals surface area contributed by atoms with Gasteiger partial charge in [-0.15, -0.1) is 0 Å². The van der Waals surface area contributed by atoms with Gasteiger partial charge in [0, 0.05) is 38.5 Å². The molecular weight excluding hydrogens is 300 g/mol. The number of amides is 2. The minimum Gasteiger partial charge on any atom is -0.343 e. The molecule has 2 aliphatic rings. The van der Waals surface area contributed by atoms with Crippen LogP contribution in [0.5, 0.6) is 0 Å². The summed E-state index contributed by atoms with van der Waals surface area (Å²) in [7, 11) is 0. The van der Waals surface area contributed by atoms with Crippen LogP contribution in [0.3, 0.4) is 0 Å². The van der Waals surface area contributed by atoms with Crippen molar-refractivity contribution >= 4 is 11.8 Å². The zero-order valence-electron chi connectivity index (χ0n) is 14.8. The van der Waals surface area contributed by atoms with Gasteiger partial charge < -0.3 is 9.80 Å². The second kappa shape index (κ2) is 7.37. The summed E-state index contributed by atoms with van der Waals surface area (Å²) in [5, 5.41) is 0. The highest BCUT2D eigenvalue weighted by Gasteiger charge is 2.31. The number of likely N-dealkylation sites (tertiary alicyclic amines) is 1. The number of carbonyl (C=O) groups is 2. The Balaban J connectivity index is 1.54. The highest BCUT2D eigenvalue weighted by molar-refractivity contribution is 5.80. The van der Waals surface area contributed by atoms with Crippen LogP contribution in [0.25, 0.3) is 0 Å². The van der Waals surface area contributed by atoms with E-state index in [1.165, 1.54) is 11.1 Å². The molecule has 130 valence electrons. The summed E-state index contributed by atoms with van der Waals surface area (Å²) in [5.74, 6) is 0.992. The quantitative estimate of drug-likeness (QED) is 0.856. The molecule has 0 atom stereocenters. The van der Waals surface area contributed by atoms with Crippen molar-refractivity contribution in [2.24, 2.45) is 11.8 Å². The lowest BCUT2D eigenvalue weighted by Crippen LogP contribution is -2.45. The van der Waals surface area contributed by atoms with E-state index in [0.29, 0.717) is 12.3 Å². The molecule has 0 spiro atoms. The molecular formula is C20H28N2O2. The van der Waals surface area contributed by atoms with Crippen LogP contribution < -0.4 is 0 Å².